The lowest BCUT2D eigenvalue weighted by atomic mass is 9.88. The molecule has 1 aliphatic rings. The Bertz CT molecular complexity index is 371. The fraction of sp³-hybridized carbons (Fsp3) is 1.00. The summed E-state index contributed by atoms with van der Waals surface area (Å²) in [6.07, 6.45) is 7.78. The van der Waals surface area contributed by atoms with Crippen LogP contribution in [0.4, 0.5) is 0 Å². The fourth-order valence-electron chi connectivity index (χ4n) is 3.56. The second-order valence-corrected chi connectivity index (χ2v) is 8.24. The Kier molecular flexibility index (Phi) is 17.0. The molecular formula is C20H45ClN2O5. The second-order valence-electron chi connectivity index (χ2n) is 8.24. The predicted molar refractivity (Wildman–Crippen MR) is 109 cm³/mol. The Hall–Kier alpha value is 0.01000. The highest BCUT2D eigenvalue weighted by Crippen LogP contribution is 2.27. The van der Waals surface area contributed by atoms with Crippen molar-refractivity contribution in [3.63, 3.8) is 0 Å². The largest absolute Gasteiger partial charge is 1.00 e. The van der Waals surface area contributed by atoms with Crippen LogP contribution in [0, 0.1) is 0 Å². The normalized spacial score (nSPS) is 27.8. The molecule has 0 bridgehead atoms. The molecule has 0 aromatic rings. The molecule has 1 unspecified atom stereocenters. The predicted octanol–water partition coefficient (Wildman–Crippen LogP) is -0.544. The minimum Gasteiger partial charge on any atom is -1.00 e. The number of halogens is 1. The number of rotatable bonds is 13. The van der Waals surface area contributed by atoms with Gasteiger partial charge < -0.3 is 49.0 Å². The van der Waals surface area contributed by atoms with Crippen LogP contribution in [0.25, 0.3) is 0 Å². The highest BCUT2D eigenvalue weighted by molar-refractivity contribution is 4.98. The molecule has 0 amide bonds. The highest BCUT2D eigenvalue weighted by Gasteiger charge is 2.48. The van der Waals surface area contributed by atoms with Gasteiger partial charge in [0.25, 0.3) is 0 Å². The van der Waals surface area contributed by atoms with Crippen LogP contribution in [-0.2, 0) is 4.74 Å². The van der Waals surface area contributed by atoms with Gasteiger partial charge in [-0.25, -0.2) is 0 Å². The molecule has 0 radical (unpaired) electrons. The minimum atomic E-state index is -1.34. The Morgan fingerprint density at radius 1 is 0.821 bits per heavy atom. The third kappa shape index (κ3) is 10.7. The van der Waals surface area contributed by atoms with Crippen molar-refractivity contribution >= 4 is 0 Å². The maximum atomic E-state index is 10.2. The number of nitrogens with one attached hydrogen (secondary N) is 1. The van der Waals surface area contributed by atoms with E-state index in [-0.39, 0.29) is 18.6 Å². The fourth-order valence-corrected chi connectivity index (χ4v) is 3.56. The first-order valence-electron chi connectivity index (χ1n) is 10.4. The first kappa shape index (κ1) is 30.2. The lowest BCUT2D eigenvalue weighted by Gasteiger charge is -2.45. The quantitative estimate of drug-likeness (QED) is 0.218. The first-order valence-corrected chi connectivity index (χ1v) is 10.4. The van der Waals surface area contributed by atoms with Gasteiger partial charge in [-0.15, -0.1) is 0 Å². The Morgan fingerprint density at radius 2 is 1.29 bits per heavy atom. The molecule has 172 valence electrons. The summed E-state index contributed by atoms with van der Waals surface area (Å²) >= 11 is 0. The summed E-state index contributed by atoms with van der Waals surface area (Å²) in [5.74, 6) is 0. The van der Waals surface area contributed by atoms with Gasteiger partial charge in [0, 0.05) is 0 Å². The average molecular weight is 429 g/mol. The first-order chi connectivity index (χ1) is 12.3. The lowest BCUT2D eigenvalue weighted by Crippen LogP contribution is -3.00. The van der Waals surface area contributed by atoms with Gasteiger partial charge in [0.15, 0.2) is 6.29 Å². The van der Waals surface area contributed by atoms with Crippen LogP contribution in [0.3, 0.4) is 0 Å². The molecule has 28 heavy (non-hydrogen) atoms. The topological polar surface area (TPSA) is 139 Å². The third-order valence-corrected chi connectivity index (χ3v) is 5.23. The maximum Gasteiger partial charge on any atom is 0.173 e. The molecule has 0 aliphatic carbocycles. The second kappa shape index (κ2) is 15.8. The van der Waals surface area contributed by atoms with Crippen molar-refractivity contribution in [3.05, 3.63) is 0 Å². The lowest BCUT2D eigenvalue weighted by molar-refractivity contribution is -0.281. The summed E-state index contributed by atoms with van der Waals surface area (Å²) in [5, 5.41) is 43.5. The van der Waals surface area contributed by atoms with Gasteiger partial charge in [-0.05, 0) is 26.8 Å². The average Bonchev–Trinajstić information content (AvgIpc) is 2.57. The number of aliphatic hydroxyl groups excluding tert-OH is 3. The van der Waals surface area contributed by atoms with Crippen molar-refractivity contribution in [1.29, 1.82) is 0 Å². The van der Waals surface area contributed by atoms with Crippen molar-refractivity contribution in [1.82, 2.24) is 11.5 Å². The molecule has 1 rings (SSSR count). The van der Waals surface area contributed by atoms with E-state index in [2.05, 4.69) is 12.2 Å². The molecule has 1 saturated heterocycles. The standard InChI is InChI=1S/C20H41NO5.ClH.H3N/c1-4-5-6-7-8-9-10-11-12-13-14-21-15-16(22)17(23)18(20(2,3)25)26-19(15)24;;/h15-19,21-25H,4-14H2,1-3H3;1H;1H3/t15-,16+,17-,18-,19?;;/m0../s1. The van der Waals surface area contributed by atoms with E-state index in [1.165, 1.54) is 65.2 Å². The Balaban J connectivity index is 0. The van der Waals surface area contributed by atoms with E-state index in [9.17, 15) is 20.4 Å². The Morgan fingerprint density at radius 3 is 1.75 bits per heavy atom. The minimum absolute atomic E-state index is 0. The van der Waals surface area contributed by atoms with E-state index < -0.39 is 36.2 Å². The molecular weight excluding hydrogens is 384 g/mol. The van der Waals surface area contributed by atoms with Gasteiger partial charge in [0.05, 0.1) is 11.6 Å². The summed E-state index contributed by atoms with van der Waals surface area (Å²) in [6.45, 7) is 5.85. The summed E-state index contributed by atoms with van der Waals surface area (Å²) in [6, 6.07) is -0.748. The molecule has 9 N–H and O–H groups in total. The number of unbranched alkanes of at least 4 members (excludes halogenated alkanes) is 9. The van der Waals surface area contributed by atoms with E-state index in [0.29, 0.717) is 6.54 Å². The van der Waals surface area contributed by atoms with Crippen LogP contribution >= 0.6 is 0 Å². The summed E-state index contributed by atoms with van der Waals surface area (Å²) in [4.78, 5) is 0. The van der Waals surface area contributed by atoms with E-state index >= 15 is 0 Å². The summed E-state index contributed by atoms with van der Waals surface area (Å²) in [5.41, 5.74) is -1.34. The van der Waals surface area contributed by atoms with Crippen LogP contribution in [-0.4, -0.2) is 63.2 Å². The van der Waals surface area contributed by atoms with Gasteiger partial charge in [-0.1, -0.05) is 64.7 Å². The zero-order valence-corrected chi connectivity index (χ0v) is 19.0. The molecule has 7 nitrogen and oxygen atoms in total. The zero-order valence-electron chi connectivity index (χ0n) is 18.2. The molecule has 0 saturated carbocycles. The van der Waals surface area contributed by atoms with Crippen molar-refractivity contribution < 1.29 is 37.6 Å². The van der Waals surface area contributed by atoms with Crippen LogP contribution in [0.1, 0.15) is 85.0 Å². The van der Waals surface area contributed by atoms with Crippen molar-refractivity contribution in [2.75, 3.05) is 6.54 Å². The van der Waals surface area contributed by atoms with E-state index in [0.717, 1.165) is 12.8 Å². The van der Waals surface area contributed by atoms with Gasteiger partial charge in [0.2, 0.25) is 0 Å². The van der Waals surface area contributed by atoms with Crippen LogP contribution < -0.4 is 23.9 Å². The van der Waals surface area contributed by atoms with Gasteiger partial charge in [-0.3, -0.25) is 0 Å². The van der Waals surface area contributed by atoms with Crippen LogP contribution in [0.2, 0.25) is 0 Å². The van der Waals surface area contributed by atoms with E-state index in [4.69, 9.17) is 4.74 Å². The van der Waals surface area contributed by atoms with Gasteiger partial charge >= 0.3 is 0 Å². The molecule has 1 fully saturated rings. The van der Waals surface area contributed by atoms with Crippen LogP contribution in [0.15, 0.2) is 0 Å². The SMILES string of the molecule is CCCCCCCCCCCCN[C@@H]1C(O)O[C@H](C(C)(C)O)[C@@H](O)[C@@H]1O.[Cl-].[NH4+]. The van der Waals surface area contributed by atoms with E-state index in [1.807, 2.05) is 0 Å². The van der Waals surface area contributed by atoms with Gasteiger partial charge in [-0.2, -0.15) is 0 Å². The van der Waals surface area contributed by atoms with Crippen molar-refractivity contribution in [3.8, 4) is 0 Å². The number of hydrogen-bond donors (Lipinski definition) is 6. The van der Waals surface area contributed by atoms with E-state index in [1.54, 1.807) is 0 Å². The molecule has 8 heteroatoms. The molecule has 1 aliphatic heterocycles. The Labute approximate surface area is 177 Å². The molecule has 5 atom stereocenters. The smallest absolute Gasteiger partial charge is 0.173 e. The summed E-state index contributed by atoms with van der Waals surface area (Å²) in [7, 11) is 0. The molecule has 0 spiro atoms. The maximum absolute atomic E-state index is 10.2. The van der Waals surface area contributed by atoms with Crippen molar-refractivity contribution in [2.45, 2.75) is 121 Å². The van der Waals surface area contributed by atoms with Crippen molar-refractivity contribution in [2.24, 2.45) is 0 Å². The molecule has 1 heterocycles. The number of aliphatic hydroxyl groups is 4. The number of ether oxygens (including phenoxy) is 1. The molecule has 0 aromatic carbocycles. The highest BCUT2D eigenvalue weighted by atomic mass is 35.5. The van der Waals surface area contributed by atoms with Gasteiger partial charge in [0.1, 0.15) is 18.3 Å². The number of quaternary nitrogens is 1. The number of hydrogen-bond acceptors (Lipinski definition) is 6. The monoisotopic (exact) mass is 428 g/mol. The molecule has 0 aromatic heterocycles. The summed E-state index contributed by atoms with van der Waals surface area (Å²) < 4.78 is 5.33. The zero-order chi connectivity index (χ0) is 19.6. The van der Waals surface area contributed by atoms with Crippen LogP contribution in [0.5, 0.6) is 0 Å². The third-order valence-electron chi connectivity index (χ3n) is 5.23.